The van der Waals surface area contributed by atoms with Crippen LogP contribution in [-0.2, 0) is 0 Å². The second kappa shape index (κ2) is 6.51. The number of anilines is 1. The molecule has 0 radical (unpaired) electrons. The number of hydrogen-bond donors (Lipinski definition) is 1. The molecule has 1 fully saturated rings. The van der Waals surface area contributed by atoms with Crippen molar-refractivity contribution >= 4 is 5.95 Å². The molecule has 1 aromatic rings. The SMILES string of the molecule is CCCN(c1nc(OC)nc(OC)n1)C1CCNC1. The van der Waals surface area contributed by atoms with Gasteiger partial charge in [-0.3, -0.25) is 0 Å². The van der Waals surface area contributed by atoms with Crippen molar-refractivity contribution in [3.63, 3.8) is 0 Å². The molecule has 1 aliphatic heterocycles. The topological polar surface area (TPSA) is 72.4 Å². The Labute approximate surface area is 113 Å². The van der Waals surface area contributed by atoms with Gasteiger partial charge < -0.3 is 19.7 Å². The first kappa shape index (κ1) is 13.8. The summed E-state index contributed by atoms with van der Waals surface area (Å²) in [6, 6.07) is 0.986. The van der Waals surface area contributed by atoms with E-state index in [1.165, 1.54) is 0 Å². The Morgan fingerprint density at radius 3 is 2.37 bits per heavy atom. The van der Waals surface area contributed by atoms with E-state index in [2.05, 4.69) is 32.1 Å². The molecule has 7 nitrogen and oxygen atoms in total. The highest BCUT2D eigenvalue weighted by atomic mass is 16.5. The van der Waals surface area contributed by atoms with Crippen molar-refractivity contribution in [1.82, 2.24) is 20.3 Å². The Bertz CT molecular complexity index is 387. The molecule has 1 atom stereocenters. The third-order valence-corrected chi connectivity index (χ3v) is 3.14. The van der Waals surface area contributed by atoms with Gasteiger partial charge in [0.2, 0.25) is 5.95 Å². The van der Waals surface area contributed by atoms with Gasteiger partial charge in [-0.15, -0.1) is 4.98 Å². The summed E-state index contributed by atoms with van der Waals surface area (Å²) in [5, 5.41) is 3.36. The first-order chi connectivity index (χ1) is 9.28. The number of hydrogen-bond acceptors (Lipinski definition) is 7. The van der Waals surface area contributed by atoms with Crippen molar-refractivity contribution < 1.29 is 9.47 Å². The molecule has 1 unspecified atom stereocenters. The lowest BCUT2D eigenvalue weighted by atomic mass is 10.2. The predicted octanol–water partition coefficient (Wildman–Crippen LogP) is 0.467. The van der Waals surface area contributed by atoms with E-state index in [-0.39, 0.29) is 12.0 Å². The van der Waals surface area contributed by atoms with E-state index in [4.69, 9.17) is 9.47 Å². The van der Waals surface area contributed by atoms with Crippen LogP contribution < -0.4 is 19.7 Å². The zero-order valence-electron chi connectivity index (χ0n) is 11.7. The highest BCUT2D eigenvalue weighted by molar-refractivity contribution is 5.34. The minimum absolute atomic E-state index is 0.286. The molecule has 2 rings (SSSR count). The lowest BCUT2D eigenvalue weighted by molar-refractivity contribution is 0.339. The van der Waals surface area contributed by atoms with Crippen LogP contribution in [0.1, 0.15) is 19.8 Å². The summed E-state index contributed by atoms with van der Waals surface area (Å²) in [6.07, 6.45) is 2.13. The van der Waals surface area contributed by atoms with E-state index in [9.17, 15) is 0 Å². The van der Waals surface area contributed by atoms with E-state index in [0.29, 0.717) is 12.0 Å². The average molecular weight is 267 g/mol. The summed E-state index contributed by atoms with van der Waals surface area (Å²) >= 11 is 0. The fraction of sp³-hybridized carbons (Fsp3) is 0.750. The highest BCUT2D eigenvalue weighted by Crippen LogP contribution is 2.20. The molecular formula is C12H21N5O2. The van der Waals surface area contributed by atoms with Crippen LogP contribution in [0.15, 0.2) is 0 Å². The van der Waals surface area contributed by atoms with Crippen LogP contribution in [0, 0.1) is 0 Å². The lowest BCUT2D eigenvalue weighted by Gasteiger charge is -2.28. The quantitative estimate of drug-likeness (QED) is 0.803. The van der Waals surface area contributed by atoms with Gasteiger partial charge in [0, 0.05) is 19.1 Å². The molecule has 1 N–H and O–H groups in total. The molecule has 19 heavy (non-hydrogen) atoms. The molecule has 1 aromatic heterocycles. The third-order valence-electron chi connectivity index (χ3n) is 3.14. The standard InChI is InChI=1S/C12H21N5O2/c1-4-7-17(9-5-6-13-8-9)10-14-11(18-2)16-12(15-10)19-3/h9,13H,4-8H2,1-3H3. The number of nitrogens with one attached hydrogen (secondary N) is 1. The van der Waals surface area contributed by atoms with Crippen LogP contribution in [0.4, 0.5) is 5.95 Å². The van der Waals surface area contributed by atoms with Crippen LogP contribution >= 0.6 is 0 Å². The molecule has 0 saturated carbocycles. The van der Waals surface area contributed by atoms with Crippen LogP contribution in [0.3, 0.4) is 0 Å². The molecule has 1 saturated heterocycles. The Balaban J connectivity index is 2.28. The van der Waals surface area contributed by atoms with Crippen LogP contribution in [0.5, 0.6) is 12.0 Å². The molecule has 0 spiro atoms. The zero-order valence-corrected chi connectivity index (χ0v) is 11.7. The molecular weight excluding hydrogens is 246 g/mol. The maximum atomic E-state index is 5.10. The summed E-state index contributed by atoms with van der Waals surface area (Å²) in [5.74, 6) is 0.624. The van der Waals surface area contributed by atoms with Gasteiger partial charge >= 0.3 is 12.0 Å². The Morgan fingerprint density at radius 1 is 1.21 bits per heavy atom. The molecule has 0 aromatic carbocycles. The van der Waals surface area contributed by atoms with Gasteiger partial charge in [0.15, 0.2) is 0 Å². The summed E-state index contributed by atoms with van der Waals surface area (Å²) in [5.41, 5.74) is 0. The zero-order chi connectivity index (χ0) is 13.7. The van der Waals surface area contributed by atoms with Gasteiger partial charge in [0.05, 0.1) is 14.2 Å². The van der Waals surface area contributed by atoms with Crippen LogP contribution in [0.2, 0.25) is 0 Å². The van der Waals surface area contributed by atoms with Crippen molar-refractivity contribution in [2.75, 3.05) is 38.8 Å². The van der Waals surface area contributed by atoms with Crippen LogP contribution in [-0.4, -0.2) is 54.8 Å². The second-order valence-electron chi connectivity index (χ2n) is 4.45. The fourth-order valence-electron chi connectivity index (χ4n) is 2.23. The second-order valence-corrected chi connectivity index (χ2v) is 4.45. The van der Waals surface area contributed by atoms with Gasteiger partial charge in [-0.2, -0.15) is 9.97 Å². The number of ether oxygens (including phenoxy) is 2. The first-order valence-corrected chi connectivity index (χ1v) is 6.60. The molecule has 106 valence electrons. The molecule has 1 aliphatic rings. The molecule has 7 heteroatoms. The van der Waals surface area contributed by atoms with Crippen LogP contribution in [0.25, 0.3) is 0 Å². The fourth-order valence-corrected chi connectivity index (χ4v) is 2.23. The monoisotopic (exact) mass is 267 g/mol. The first-order valence-electron chi connectivity index (χ1n) is 6.60. The minimum atomic E-state index is 0.286. The molecule has 0 amide bonds. The van der Waals surface area contributed by atoms with Gasteiger partial charge in [0.1, 0.15) is 0 Å². The summed E-state index contributed by atoms with van der Waals surface area (Å²) in [4.78, 5) is 14.9. The average Bonchev–Trinajstić information content (AvgIpc) is 2.97. The maximum Gasteiger partial charge on any atom is 0.324 e. The van der Waals surface area contributed by atoms with Gasteiger partial charge in [-0.25, -0.2) is 0 Å². The smallest absolute Gasteiger partial charge is 0.324 e. The Morgan fingerprint density at radius 2 is 1.89 bits per heavy atom. The van der Waals surface area contributed by atoms with E-state index < -0.39 is 0 Å². The molecule has 0 aliphatic carbocycles. The number of nitrogens with zero attached hydrogens (tertiary/aromatic N) is 4. The van der Waals surface area contributed by atoms with Crippen molar-refractivity contribution in [2.24, 2.45) is 0 Å². The Hall–Kier alpha value is -1.63. The normalized spacial score (nSPS) is 18.4. The molecule has 2 heterocycles. The number of methoxy groups -OCH3 is 2. The summed E-state index contributed by atoms with van der Waals surface area (Å²) in [7, 11) is 3.08. The largest absolute Gasteiger partial charge is 0.467 e. The number of rotatable bonds is 6. The van der Waals surface area contributed by atoms with E-state index in [1.54, 1.807) is 14.2 Å². The van der Waals surface area contributed by atoms with E-state index >= 15 is 0 Å². The third kappa shape index (κ3) is 3.23. The molecule has 0 bridgehead atoms. The summed E-state index contributed by atoms with van der Waals surface area (Å²) in [6.45, 7) is 5.04. The van der Waals surface area contributed by atoms with Gasteiger partial charge in [-0.1, -0.05) is 6.92 Å². The number of aromatic nitrogens is 3. The van der Waals surface area contributed by atoms with Crippen molar-refractivity contribution in [3.05, 3.63) is 0 Å². The van der Waals surface area contributed by atoms with Crippen molar-refractivity contribution in [2.45, 2.75) is 25.8 Å². The summed E-state index contributed by atoms with van der Waals surface area (Å²) < 4.78 is 10.2. The van der Waals surface area contributed by atoms with E-state index in [1.807, 2.05) is 0 Å². The van der Waals surface area contributed by atoms with E-state index in [0.717, 1.165) is 32.5 Å². The highest BCUT2D eigenvalue weighted by Gasteiger charge is 2.25. The maximum absolute atomic E-state index is 5.10. The Kier molecular flexibility index (Phi) is 4.73. The lowest BCUT2D eigenvalue weighted by Crippen LogP contribution is -2.38. The van der Waals surface area contributed by atoms with Crippen molar-refractivity contribution in [1.29, 1.82) is 0 Å². The minimum Gasteiger partial charge on any atom is -0.467 e. The van der Waals surface area contributed by atoms with Gasteiger partial charge in [-0.05, 0) is 19.4 Å². The predicted molar refractivity (Wildman–Crippen MR) is 71.8 cm³/mol. The van der Waals surface area contributed by atoms with Gasteiger partial charge in [0.25, 0.3) is 0 Å². The van der Waals surface area contributed by atoms with Crippen molar-refractivity contribution in [3.8, 4) is 12.0 Å².